The van der Waals surface area contributed by atoms with Crippen molar-refractivity contribution in [1.82, 2.24) is 15.1 Å². The van der Waals surface area contributed by atoms with Crippen molar-refractivity contribution < 1.29 is 0 Å². The zero-order valence-electron chi connectivity index (χ0n) is 9.19. The van der Waals surface area contributed by atoms with E-state index in [2.05, 4.69) is 33.4 Å². The van der Waals surface area contributed by atoms with Crippen molar-refractivity contribution in [2.75, 3.05) is 7.05 Å². The van der Waals surface area contributed by atoms with Gasteiger partial charge in [-0.2, -0.15) is 16.4 Å². The van der Waals surface area contributed by atoms with E-state index in [1.54, 1.807) is 11.3 Å². The molecule has 3 nitrogen and oxygen atoms in total. The van der Waals surface area contributed by atoms with Gasteiger partial charge in [-0.15, -0.1) is 0 Å². The largest absolute Gasteiger partial charge is 0.309 e. The molecule has 1 unspecified atom stereocenters. The third-order valence-corrected chi connectivity index (χ3v) is 3.23. The molecule has 0 amide bonds. The molecule has 0 aliphatic rings. The first-order chi connectivity index (χ1) is 7.22. The number of hydrogen-bond acceptors (Lipinski definition) is 3. The summed E-state index contributed by atoms with van der Waals surface area (Å²) in [4.78, 5) is 0. The van der Waals surface area contributed by atoms with Crippen LogP contribution >= 0.6 is 11.3 Å². The second-order valence-electron chi connectivity index (χ2n) is 3.62. The van der Waals surface area contributed by atoms with E-state index >= 15 is 0 Å². The number of rotatable bonds is 3. The van der Waals surface area contributed by atoms with Crippen molar-refractivity contribution in [1.29, 1.82) is 0 Å². The maximum Gasteiger partial charge on any atom is 0.0644 e. The van der Waals surface area contributed by atoms with E-state index in [0.29, 0.717) is 0 Å². The van der Waals surface area contributed by atoms with Crippen LogP contribution in [0.4, 0.5) is 0 Å². The lowest BCUT2D eigenvalue weighted by molar-refractivity contribution is 0.689. The topological polar surface area (TPSA) is 29.9 Å². The van der Waals surface area contributed by atoms with Gasteiger partial charge in [-0.05, 0) is 36.4 Å². The molecule has 0 aliphatic heterocycles. The Balaban J connectivity index is 2.39. The summed E-state index contributed by atoms with van der Waals surface area (Å²) in [5.74, 6) is 0. The molecule has 0 spiro atoms. The highest BCUT2D eigenvalue weighted by atomic mass is 32.1. The summed E-state index contributed by atoms with van der Waals surface area (Å²) < 4.78 is 1.86. The monoisotopic (exact) mass is 221 g/mol. The van der Waals surface area contributed by atoms with Crippen molar-refractivity contribution >= 4 is 11.3 Å². The Morgan fingerprint density at radius 3 is 2.80 bits per heavy atom. The Kier molecular flexibility index (Phi) is 2.88. The maximum atomic E-state index is 4.37. The molecule has 0 fully saturated rings. The summed E-state index contributed by atoms with van der Waals surface area (Å²) in [5.41, 5.74) is 3.64. The van der Waals surface area contributed by atoms with Gasteiger partial charge in [0.25, 0.3) is 0 Å². The Labute approximate surface area is 93.7 Å². The fraction of sp³-hybridized carbons (Fsp3) is 0.364. The predicted octanol–water partition coefficient (Wildman–Crippen LogP) is 2.10. The Morgan fingerprint density at radius 1 is 1.53 bits per heavy atom. The quantitative estimate of drug-likeness (QED) is 0.860. The first-order valence-electron chi connectivity index (χ1n) is 4.92. The summed E-state index contributed by atoms with van der Waals surface area (Å²) in [7, 11) is 3.94. The van der Waals surface area contributed by atoms with Gasteiger partial charge in [0, 0.05) is 18.8 Å². The lowest BCUT2D eigenvalue weighted by Crippen LogP contribution is -2.17. The summed E-state index contributed by atoms with van der Waals surface area (Å²) in [6.45, 7) is 2.05. The molecule has 80 valence electrons. The zero-order chi connectivity index (χ0) is 10.8. The van der Waals surface area contributed by atoms with Crippen LogP contribution in [-0.2, 0) is 7.05 Å². The second-order valence-corrected chi connectivity index (χ2v) is 4.40. The minimum Gasteiger partial charge on any atom is -0.309 e. The van der Waals surface area contributed by atoms with Crippen LogP contribution < -0.4 is 5.32 Å². The molecule has 0 radical (unpaired) electrons. The van der Waals surface area contributed by atoms with E-state index in [4.69, 9.17) is 0 Å². The average molecular weight is 221 g/mol. The number of thiophene rings is 1. The summed E-state index contributed by atoms with van der Waals surface area (Å²) in [5, 5.41) is 12.0. The molecule has 2 aromatic rings. The van der Waals surface area contributed by atoms with Gasteiger partial charge in [-0.25, -0.2) is 0 Å². The van der Waals surface area contributed by atoms with Gasteiger partial charge in [0.05, 0.1) is 11.7 Å². The Hall–Kier alpha value is -1.13. The number of aromatic nitrogens is 2. The van der Waals surface area contributed by atoms with Crippen LogP contribution in [0.25, 0.3) is 0 Å². The molecule has 2 heterocycles. The van der Waals surface area contributed by atoms with Gasteiger partial charge in [0.1, 0.15) is 0 Å². The van der Waals surface area contributed by atoms with E-state index in [1.165, 1.54) is 11.1 Å². The molecule has 0 aromatic carbocycles. The third-order valence-electron chi connectivity index (χ3n) is 2.53. The van der Waals surface area contributed by atoms with Crippen molar-refractivity contribution in [2.24, 2.45) is 7.05 Å². The van der Waals surface area contributed by atoms with Gasteiger partial charge in [-0.1, -0.05) is 0 Å². The summed E-state index contributed by atoms with van der Waals surface area (Å²) in [6, 6.07) is 2.41. The molecule has 0 aliphatic carbocycles. The molecule has 1 atom stereocenters. The second kappa shape index (κ2) is 4.16. The van der Waals surface area contributed by atoms with Crippen LogP contribution in [0.3, 0.4) is 0 Å². The third kappa shape index (κ3) is 1.96. The van der Waals surface area contributed by atoms with Gasteiger partial charge in [0.15, 0.2) is 0 Å². The maximum absolute atomic E-state index is 4.37. The van der Waals surface area contributed by atoms with Crippen molar-refractivity contribution in [3.8, 4) is 0 Å². The Bertz CT molecular complexity index is 431. The standard InChI is InChI=1S/C11H15N3S/c1-8-10(6-14(3)13-8)11(12-2)9-4-5-15-7-9/h4-7,11-12H,1-3H3. The van der Waals surface area contributed by atoms with Crippen LogP contribution in [0.5, 0.6) is 0 Å². The fourth-order valence-corrected chi connectivity index (χ4v) is 2.53. The molecule has 15 heavy (non-hydrogen) atoms. The molecule has 1 N–H and O–H groups in total. The van der Waals surface area contributed by atoms with Crippen LogP contribution in [0.15, 0.2) is 23.0 Å². The minimum atomic E-state index is 0.255. The lowest BCUT2D eigenvalue weighted by atomic mass is 10.0. The van der Waals surface area contributed by atoms with E-state index in [0.717, 1.165) is 5.69 Å². The zero-order valence-corrected chi connectivity index (χ0v) is 10.0. The number of nitrogens with one attached hydrogen (secondary N) is 1. The average Bonchev–Trinajstić information content (AvgIpc) is 2.79. The molecule has 0 saturated carbocycles. The lowest BCUT2D eigenvalue weighted by Gasteiger charge is -2.13. The number of hydrogen-bond donors (Lipinski definition) is 1. The predicted molar refractivity (Wildman–Crippen MR) is 63.2 cm³/mol. The van der Waals surface area contributed by atoms with Gasteiger partial charge < -0.3 is 5.32 Å². The minimum absolute atomic E-state index is 0.255. The van der Waals surface area contributed by atoms with Gasteiger partial charge in [-0.3, -0.25) is 4.68 Å². The van der Waals surface area contributed by atoms with E-state index in [-0.39, 0.29) is 6.04 Å². The first-order valence-corrected chi connectivity index (χ1v) is 5.86. The highest BCUT2D eigenvalue weighted by Gasteiger charge is 2.16. The van der Waals surface area contributed by atoms with Crippen LogP contribution in [-0.4, -0.2) is 16.8 Å². The SMILES string of the molecule is CNC(c1ccsc1)c1cn(C)nc1C. The van der Waals surface area contributed by atoms with Crippen molar-refractivity contribution in [3.63, 3.8) is 0 Å². The van der Waals surface area contributed by atoms with Crippen LogP contribution in [0.1, 0.15) is 22.9 Å². The first kappa shape index (κ1) is 10.4. The Morgan fingerprint density at radius 2 is 2.33 bits per heavy atom. The van der Waals surface area contributed by atoms with E-state index in [1.807, 2.05) is 25.7 Å². The number of nitrogens with zero attached hydrogens (tertiary/aromatic N) is 2. The summed E-state index contributed by atoms with van der Waals surface area (Å²) >= 11 is 1.72. The van der Waals surface area contributed by atoms with E-state index < -0.39 is 0 Å². The molecule has 0 bridgehead atoms. The smallest absolute Gasteiger partial charge is 0.0644 e. The highest BCUT2D eigenvalue weighted by molar-refractivity contribution is 7.08. The van der Waals surface area contributed by atoms with Gasteiger partial charge in [0.2, 0.25) is 0 Å². The van der Waals surface area contributed by atoms with Crippen LogP contribution in [0, 0.1) is 6.92 Å². The number of aryl methyl sites for hydroxylation is 2. The molecule has 4 heteroatoms. The van der Waals surface area contributed by atoms with Crippen molar-refractivity contribution in [2.45, 2.75) is 13.0 Å². The van der Waals surface area contributed by atoms with Crippen molar-refractivity contribution in [3.05, 3.63) is 39.8 Å². The highest BCUT2D eigenvalue weighted by Crippen LogP contribution is 2.25. The fourth-order valence-electron chi connectivity index (χ4n) is 1.84. The normalized spacial score (nSPS) is 13.0. The molecular formula is C11H15N3S. The molecule has 2 rings (SSSR count). The molecule has 2 aromatic heterocycles. The van der Waals surface area contributed by atoms with E-state index in [9.17, 15) is 0 Å². The van der Waals surface area contributed by atoms with Crippen LogP contribution in [0.2, 0.25) is 0 Å². The molecule has 0 saturated heterocycles. The summed E-state index contributed by atoms with van der Waals surface area (Å²) in [6.07, 6.45) is 2.08. The van der Waals surface area contributed by atoms with Gasteiger partial charge >= 0.3 is 0 Å². The molecular weight excluding hydrogens is 206 g/mol.